The van der Waals surface area contributed by atoms with E-state index in [4.69, 9.17) is 4.74 Å². The molecule has 1 saturated heterocycles. The van der Waals surface area contributed by atoms with Crippen molar-refractivity contribution in [3.8, 4) is 5.75 Å². The second kappa shape index (κ2) is 6.57. The van der Waals surface area contributed by atoms with Crippen LogP contribution in [0, 0.1) is 5.92 Å². The van der Waals surface area contributed by atoms with Gasteiger partial charge in [0, 0.05) is 19.6 Å². The largest absolute Gasteiger partial charge is 0.508 e. The fourth-order valence-corrected chi connectivity index (χ4v) is 3.65. The molecule has 1 unspecified atom stereocenters. The molecule has 1 heterocycles. The molecule has 1 saturated carbocycles. The van der Waals surface area contributed by atoms with Gasteiger partial charge in [0.2, 0.25) is 0 Å². The molecule has 1 aliphatic heterocycles. The van der Waals surface area contributed by atoms with Gasteiger partial charge in [-0.25, -0.2) is 0 Å². The van der Waals surface area contributed by atoms with Crippen molar-refractivity contribution in [1.82, 2.24) is 4.90 Å². The fourth-order valence-electron chi connectivity index (χ4n) is 3.65. The summed E-state index contributed by atoms with van der Waals surface area (Å²) in [5.74, 6) is 1.02. The minimum atomic E-state index is -0.534. The molecule has 22 heavy (non-hydrogen) atoms. The smallest absolute Gasteiger partial charge is 0.115 e. The van der Waals surface area contributed by atoms with Crippen molar-refractivity contribution in [1.29, 1.82) is 0 Å². The highest BCUT2D eigenvalue weighted by molar-refractivity contribution is 5.29. The van der Waals surface area contributed by atoms with Crippen LogP contribution in [0.5, 0.6) is 5.75 Å². The number of β-amino-alcohol motifs (C(OH)–C–C–N with tert-alkyl or cyclic N) is 1. The molecule has 2 fully saturated rings. The molecule has 1 aromatic rings. The summed E-state index contributed by atoms with van der Waals surface area (Å²) < 4.78 is 5.85. The molecule has 4 nitrogen and oxygen atoms in total. The van der Waals surface area contributed by atoms with Gasteiger partial charge in [-0.05, 0) is 49.3 Å². The molecule has 0 radical (unpaired) electrons. The molecule has 2 N–H and O–H groups in total. The van der Waals surface area contributed by atoms with Crippen molar-refractivity contribution in [3.05, 3.63) is 29.8 Å². The summed E-state index contributed by atoms with van der Waals surface area (Å²) in [6.07, 6.45) is 4.03. The minimum absolute atomic E-state index is 0.0213. The number of aliphatic hydroxyl groups is 1. The van der Waals surface area contributed by atoms with E-state index in [0.717, 1.165) is 56.8 Å². The Morgan fingerprint density at radius 3 is 2.82 bits per heavy atom. The number of hydrogen-bond acceptors (Lipinski definition) is 4. The lowest BCUT2D eigenvalue weighted by atomic mass is 9.79. The third-order valence-corrected chi connectivity index (χ3v) is 5.12. The van der Waals surface area contributed by atoms with Crippen LogP contribution in [-0.4, -0.2) is 47.0 Å². The van der Waals surface area contributed by atoms with Gasteiger partial charge in [0.15, 0.2) is 0 Å². The number of ether oxygens (including phenoxy) is 1. The first-order valence-corrected chi connectivity index (χ1v) is 8.39. The summed E-state index contributed by atoms with van der Waals surface area (Å²) in [6, 6.07) is 7.29. The van der Waals surface area contributed by atoms with Crippen LogP contribution in [0.25, 0.3) is 0 Å². The topological polar surface area (TPSA) is 52.9 Å². The van der Waals surface area contributed by atoms with Crippen LogP contribution in [-0.2, 0) is 4.74 Å². The third-order valence-electron chi connectivity index (χ3n) is 5.12. The number of nitrogens with zero attached hydrogens (tertiary/aromatic N) is 1. The van der Waals surface area contributed by atoms with Crippen LogP contribution in [0.1, 0.15) is 44.3 Å². The number of aromatic hydroxyl groups is 1. The number of benzene rings is 1. The number of morpholine rings is 1. The maximum absolute atomic E-state index is 10.8. The Morgan fingerprint density at radius 2 is 2.09 bits per heavy atom. The second-order valence-corrected chi connectivity index (χ2v) is 7.10. The Balaban J connectivity index is 1.61. The van der Waals surface area contributed by atoms with Gasteiger partial charge in [-0.15, -0.1) is 0 Å². The van der Waals surface area contributed by atoms with Gasteiger partial charge < -0.3 is 14.9 Å². The van der Waals surface area contributed by atoms with Crippen molar-refractivity contribution in [3.63, 3.8) is 0 Å². The maximum Gasteiger partial charge on any atom is 0.115 e. The molecule has 0 spiro atoms. The van der Waals surface area contributed by atoms with Crippen LogP contribution < -0.4 is 0 Å². The van der Waals surface area contributed by atoms with Gasteiger partial charge in [-0.1, -0.05) is 19.1 Å². The standard InChI is InChI=1S/C18H27NO3/c1-14-5-7-18(21,8-6-14)13-19-9-10-22-17(12-19)15-3-2-4-16(20)11-15/h2-4,11,14,17,20-21H,5-10,12-13H2,1H3. The maximum atomic E-state index is 10.8. The lowest BCUT2D eigenvalue weighted by Gasteiger charge is -2.41. The lowest BCUT2D eigenvalue weighted by Crippen LogP contribution is -2.49. The highest BCUT2D eigenvalue weighted by Gasteiger charge is 2.35. The van der Waals surface area contributed by atoms with E-state index in [2.05, 4.69) is 11.8 Å². The van der Waals surface area contributed by atoms with Crippen molar-refractivity contribution >= 4 is 0 Å². The first-order chi connectivity index (χ1) is 10.5. The van der Waals surface area contributed by atoms with E-state index in [1.807, 2.05) is 12.1 Å². The third kappa shape index (κ3) is 3.80. The Morgan fingerprint density at radius 1 is 1.32 bits per heavy atom. The second-order valence-electron chi connectivity index (χ2n) is 7.10. The summed E-state index contributed by atoms with van der Waals surface area (Å²) in [5, 5.41) is 20.4. The van der Waals surface area contributed by atoms with Crippen LogP contribution >= 0.6 is 0 Å². The summed E-state index contributed by atoms with van der Waals surface area (Å²) in [5.41, 5.74) is 0.474. The average molecular weight is 305 g/mol. The van der Waals surface area contributed by atoms with E-state index in [0.29, 0.717) is 6.61 Å². The van der Waals surface area contributed by atoms with Crippen LogP contribution in [0.2, 0.25) is 0 Å². The lowest BCUT2D eigenvalue weighted by molar-refractivity contribution is -0.0802. The molecule has 0 bridgehead atoms. The zero-order chi connectivity index (χ0) is 15.6. The van der Waals surface area contributed by atoms with Gasteiger partial charge in [-0.2, -0.15) is 0 Å². The van der Waals surface area contributed by atoms with Crippen LogP contribution in [0.3, 0.4) is 0 Å². The van der Waals surface area contributed by atoms with Crippen LogP contribution in [0.4, 0.5) is 0 Å². The molecule has 1 atom stereocenters. The number of phenols is 1. The minimum Gasteiger partial charge on any atom is -0.508 e. The summed E-state index contributed by atoms with van der Waals surface area (Å²) in [4.78, 5) is 2.31. The predicted octanol–water partition coefficient (Wildman–Crippen LogP) is 2.71. The summed E-state index contributed by atoms with van der Waals surface area (Å²) in [7, 11) is 0. The van der Waals surface area contributed by atoms with Gasteiger partial charge in [-0.3, -0.25) is 4.90 Å². The SMILES string of the molecule is CC1CCC(O)(CN2CCOC(c3cccc(O)c3)C2)CC1. The average Bonchev–Trinajstić information content (AvgIpc) is 2.51. The Hall–Kier alpha value is -1.10. The van der Waals surface area contributed by atoms with Crippen molar-refractivity contribution in [2.24, 2.45) is 5.92 Å². The van der Waals surface area contributed by atoms with E-state index in [1.54, 1.807) is 12.1 Å². The normalized spacial score (nSPS) is 33.7. The Bertz CT molecular complexity index is 497. The van der Waals surface area contributed by atoms with E-state index in [-0.39, 0.29) is 11.9 Å². The van der Waals surface area contributed by atoms with Gasteiger partial charge in [0.25, 0.3) is 0 Å². The summed E-state index contributed by atoms with van der Waals surface area (Å²) >= 11 is 0. The number of rotatable bonds is 3. The number of hydrogen-bond donors (Lipinski definition) is 2. The molecule has 0 aromatic heterocycles. The predicted molar refractivity (Wildman–Crippen MR) is 85.8 cm³/mol. The fraction of sp³-hybridized carbons (Fsp3) is 0.667. The molecular formula is C18H27NO3. The first kappa shape index (κ1) is 15.8. The highest BCUT2D eigenvalue weighted by atomic mass is 16.5. The van der Waals surface area contributed by atoms with Crippen molar-refractivity contribution in [2.45, 2.75) is 44.3 Å². The summed E-state index contributed by atoms with van der Waals surface area (Å²) in [6.45, 7) is 5.33. The number of phenolic OH excluding ortho intramolecular Hbond substituents is 1. The first-order valence-electron chi connectivity index (χ1n) is 8.39. The molecule has 4 heteroatoms. The Labute approximate surface area is 132 Å². The molecular weight excluding hydrogens is 278 g/mol. The molecule has 122 valence electrons. The molecule has 3 rings (SSSR count). The monoisotopic (exact) mass is 305 g/mol. The van der Waals surface area contributed by atoms with Crippen LogP contribution in [0.15, 0.2) is 24.3 Å². The molecule has 2 aliphatic rings. The quantitative estimate of drug-likeness (QED) is 0.901. The van der Waals surface area contributed by atoms with E-state index in [1.165, 1.54) is 0 Å². The highest BCUT2D eigenvalue weighted by Crippen LogP contribution is 2.33. The van der Waals surface area contributed by atoms with Gasteiger partial charge in [0.05, 0.1) is 18.3 Å². The molecule has 1 aromatic carbocycles. The van der Waals surface area contributed by atoms with Crippen molar-refractivity contribution in [2.75, 3.05) is 26.2 Å². The Kier molecular flexibility index (Phi) is 4.71. The molecule has 0 amide bonds. The zero-order valence-electron chi connectivity index (χ0n) is 13.4. The van der Waals surface area contributed by atoms with Gasteiger partial charge >= 0.3 is 0 Å². The van der Waals surface area contributed by atoms with E-state index >= 15 is 0 Å². The van der Waals surface area contributed by atoms with Crippen molar-refractivity contribution < 1.29 is 14.9 Å². The van der Waals surface area contributed by atoms with E-state index in [9.17, 15) is 10.2 Å². The van der Waals surface area contributed by atoms with E-state index < -0.39 is 5.60 Å². The zero-order valence-corrected chi connectivity index (χ0v) is 13.4. The van der Waals surface area contributed by atoms with Gasteiger partial charge in [0.1, 0.15) is 5.75 Å². The molecule has 1 aliphatic carbocycles.